The minimum atomic E-state index is 0.0746. The van der Waals surface area contributed by atoms with Crippen molar-refractivity contribution >= 4 is 11.6 Å². The van der Waals surface area contributed by atoms with Crippen LogP contribution in [0.4, 0.5) is 5.69 Å². The molecule has 0 aromatic heterocycles. The molecule has 2 atom stereocenters. The lowest BCUT2D eigenvalue weighted by Gasteiger charge is -2.37. The van der Waals surface area contributed by atoms with Crippen LogP contribution in [0, 0.1) is 5.92 Å². The molecule has 4 nitrogen and oxygen atoms in total. The lowest BCUT2D eigenvalue weighted by atomic mass is 9.92. The first-order chi connectivity index (χ1) is 9.69. The van der Waals surface area contributed by atoms with Crippen LogP contribution < -0.4 is 11.1 Å². The number of likely N-dealkylation sites (tertiary alicyclic amines) is 1. The van der Waals surface area contributed by atoms with Gasteiger partial charge in [-0.15, -0.1) is 0 Å². The standard InChI is InChI=1S/C16H25N3O/c1-13-7-9-19(15(11-13)12-17)10-8-16(20)18-14-5-3-2-4-6-14/h2-6,13,15H,7-12,17H2,1H3,(H,18,20). The Balaban J connectivity index is 1.78. The van der Waals surface area contributed by atoms with Gasteiger partial charge in [0.2, 0.25) is 5.91 Å². The van der Waals surface area contributed by atoms with Gasteiger partial charge >= 0.3 is 0 Å². The van der Waals surface area contributed by atoms with E-state index in [0.29, 0.717) is 19.0 Å². The summed E-state index contributed by atoms with van der Waals surface area (Å²) in [5.41, 5.74) is 6.70. The van der Waals surface area contributed by atoms with Crippen molar-refractivity contribution in [3.8, 4) is 0 Å². The summed E-state index contributed by atoms with van der Waals surface area (Å²) in [5, 5.41) is 2.93. The van der Waals surface area contributed by atoms with E-state index in [2.05, 4.69) is 17.1 Å². The molecule has 20 heavy (non-hydrogen) atoms. The molecular formula is C16H25N3O. The Bertz CT molecular complexity index is 421. The van der Waals surface area contributed by atoms with E-state index in [1.807, 2.05) is 30.3 Å². The third-order valence-electron chi connectivity index (χ3n) is 4.06. The Labute approximate surface area is 121 Å². The number of nitrogens with one attached hydrogen (secondary N) is 1. The van der Waals surface area contributed by atoms with E-state index >= 15 is 0 Å². The first kappa shape index (κ1) is 15.0. The SMILES string of the molecule is CC1CCN(CCC(=O)Nc2ccccc2)C(CN)C1. The number of anilines is 1. The maximum atomic E-state index is 11.9. The fourth-order valence-electron chi connectivity index (χ4n) is 2.83. The van der Waals surface area contributed by atoms with Gasteiger partial charge in [-0.1, -0.05) is 25.1 Å². The number of nitrogens with zero attached hydrogens (tertiary/aromatic N) is 1. The number of piperidine rings is 1. The van der Waals surface area contributed by atoms with Crippen LogP contribution in [0.1, 0.15) is 26.2 Å². The van der Waals surface area contributed by atoms with Crippen molar-refractivity contribution in [3.05, 3.63) is 30.3 Å². The molecule has 4 heteroatoms. The zero-order valence-corrected chi connectivity index (χ0v) is 12.2. The normalized spacial score (nSPS) is 23.5. The molecule has 1 aromatic rings. The van der Waals surface area contributed by atoms with Crippen LogP contribution in [0.5, 0.6) is 0 Å². The Morgan fingerprint density at radius 2 is 2.15 bits per heavy atom. The molecule has 1 amide bonds. The van der Waals surface area contributed by atoms with E-state index in [4.69, 9.17) is 5.73 Å². The largest absolute Gasteiger partial charge is 0.329 e. The maximum Gasteiger partial charge on any atom is 0.225 e. The number of amides is 1. The van der Waals surface area contributed by atoms with Gasteiger partial charge in [-0.2, -0.15) is 0 Å². The smallest absolute Gasteiger partial charge is 0.225 e. The predicted octanol–water partition coefficient (Wildman–Crippen LogP) is 2.07. The van der Waals surface area contributed by atoms with Crippen LogP contribution in [0.3, 0.4) is 0 Å². The van der Waals surface area contributed by atoms with Crippen LogP contribution in [-0.4, -0.2) is 36.5 Å². The molecule has 1 aromatic carbocycles. The molecule has 0 aliphatic carbocycles. The summed E-state index contributed by atoms with van der Waals surface area (Å²) in [5.74, 6) is 0.823. The first-order valence-electron chi connectivity index (χ1n) is 7.48. The molecule has 0 spiro atoms. The van der Waals surface area contributed by atoms with E-state index in [9.17, 15) is 4.79 Å². The predicted molar refractivity (Wildman–Crippen MR) is 82.5 cm³/mol. The Morgan fingerprint density at radius 3 is 2.85 bits per heavy atom. The highest BCUT2D eigenvalue weighted by Crippen LogP contribution is 2.21. The van der Waals surface area contributed by atoms with Crippen molar-refractivity contribution in [1.82, 2.24) is 4.90 Å². The number of hydrogen-bond acceptors (Lipinski definition) is 3. The molecule has 3 N–H and O–H groups in total. The zero-order chi connectivity index (χ0) is 14.4. The lowest BCUT2D eigenvalue weighted by Crippen LogP contribution is -2.47. The van der Waals surface area contributed by atoms with Gasteiger partial charge in [0.1, 0.15) is 0 Å². The molecule has 2 unspecified atom stereocenters. The number of hydrogen-bond donors (Lipinski definition) is 2. The molecule has 0 radical (unpaired) electrons. The zero-order valence-electron chi connectivity index (χ0n) is 12.2. The van der Waals surface area contributed by atoms with Gasteiger partial charge in [-0.05, 0) is 37.4 Å². The summed E-state index contributed by atoms with van der Waals surface area (Å²) in [7, 11) is 0. The topological polar surface area (TPSA) is 58.4 Å². The highest BCUT2D eigenvalue weighted by atomic mass is 16.1. The molecule has 0 saturated carbocycles. The number of para-hydroxylation sites is 1. The molecular weight excluding hydrogens is 250 g/mol. The van der Waals surface area contributed by atoms with Gasteiger partial charge in [0, 0.05) is 31.2 Å². The Morgan fingerprint density at radius 1 is 1.40 bits per heavy atom. The van der Waals surface area contributed by atoms with Crippen molar-refractivity contribution in [2.75, 3.05) is 25.0 Å². The summed E-state index contributed by atoms with van der Waals surface area (Å²) in [6.07, 6.45) is 2.88. The molecule has 0 bridgehead atoms. The fraction of sp³-hybridized carbons (Fsp3) is 0.562. The Hall–Kier alpha value is -1.39. The average Bonchev–Trinajstić information content (AvgIpc) is 2.47. The summed E-state index contributed by atoms with van der Waals surface area (Å²) >= 11 is 0. The first-order valence-corrected chi connectivity index (χ1v) is 7.48. The minimum Gasteiger partial charge on any atom is -0.329 e. The van der Waals surface area contributed by atoms with Gasteiger partial charge in [0.25, 0.3) is 0 Å². The second-order valence-corrected chi connectivity index (χ2v) is 5.72. The van der Waals surface area contributed by atoms with Crippen LogP contribution in [0.2, 0.25) is 0 Å². The molecule has 1 fully saturated rings. The van der Waals surface area contributed by atoms with E-state index in [-0.39, 0.29) is 5.91 Å². The fourth-order valence-corrected chi connectivity index (χ4v) is 2.83. The van der Waals surface area contributed by atoms with E-state index in [0.717, 1.165) is 31.1 Å². The van der Waals surface area contributed by atoms with Gasteiger partial charge in [-0.3, -0.25) is 9.69 Å². The summed E-state index contributed by atoms with van der Waals surface area (Å²) < 4.78 is 0. The summed E-state index contributed by atoms with van der Waals surface area (Å²) in [4.78, 5) is 14.3. The van der Waals surface area contributed by atoms with Gasteiger partial charge in [0.05, 0.1) is 0 Å². The monoisotopic (exact) mass is 275 g/mol. The average molecular weight is 275 g/mol. The van der Waals surface area contributed by atoms with Crippen LogP contribution in [0.15, 0.2) is 30.3 Å². The molecule has 2 rings (SSSR count). The maximum absolute atomic E-state index is 11.9. The van der Waals surface area contributed by atoms with Gasteiger partial charge in [0.15, 0.2) is 0 Å². The number of rotatable bonds is 5. The molecule has 1 heterocycles. The number of carbonyl (C=O) groups is 1. The van der Waals surface area contributed by atoms with Crippen molar-refractivity contribution < 1.29 is 4.79 Å². The van der Waals surface area contributed by atoms with Crippen molar-refractivity contribution in [2.45, 2.75) is 32.2 Å². The highest BCUT2D eigenvalue weighted by molar-refractivity contribution is 5.90. The highest BCUT2D eigenvalue weighted by Gasteiger charge is 2.25. The van der Waals surface area contributed by atoms with E-state index in [1.165, 1.54) is 6.42 Å². The molecule has 1 aliphatic heterocycles. The minimum absolute atomic E-state index is 0.0746. The molecule has 1 aliphatic rings. The number of carbonyl (C=O) groups excluding carboxylic acids is 1. The van der Waals surface area contributed by atoms with Crippen LogP contribution in [-0.2, 0) is 4.79 Å². The lowest BCUT2D eigenvalue weighted by molar-refractivity contribution is -0.116. The third-order valence-corrected chi connectivity index (χ3v) is 4.06. The van der Waals surface area contributed by atoms with Crippen molar-refractivity contribution in [1.29, 1.82) is 0 Å². The van der Waals surface area contributed by atoms with Gasteiger partial charge < -0.3 is 11.1 Å². The van der Waals surface area contributed by atoms with E-state index in [1.54, 1.807) is 0 Å². The quantitative estimate of drug-likeness (QED) is 0.865. The van der Waals surface area contributed by atoms with Gasteiger partial charge in [-0.25, -0.2) is 0 Å². The van der Waals surface area contributed by atoms with Crippen molar-refractivity contribution in [2.24, 2.45) is 11.7 Å². The summed E-state index contributed by atoms with van der Waals surface area (Å²) in [6, 6.07) is 10.0. The Kier molecular flexibility index (Phi) is 5.56. The van der Waals surface area contributed by atoms with Crippen LogP contribution >= 0.6 is 0 Å². The van der Waals surface area contributed by atoms with Crippen LogP contribution in [0.25, 0.3) is 0 Å². The van der Waals surface area contributed by atoms with E-state index < -0.39 is 0 Å². The number of nitrogens with two attached hydrogens (primary N) is 1. The molecule has 1 saturated heterocycles. The van der Waals surface area contributed by atoms with Crippen molar-refractivity contribution in [3.63, 3.8) is 0 Å². The summed E-state index contributed by atoms with van der Waals surface area (Å²) in [6.45, 7) is 4.82. The number of benzene rings is 1. The third kappa shape index (κ3) is 4.32. The molecule has 110 valence electrons. The second-order valence-electron chi connectivity index (χ2n) is 5.72. The second kappa shape index (κ2) is 7.41.